The van der Waals surface area contributed by atoms with E-state index in [0.29, 0.717) is 6.92 Å². The topological polar surface area (TPSA) is 99.3 Å². The highest BCUT2D eigenvalue weighted by atomic mass is 32.1. The second kappa shape index (κ2) is 7.99. The van der Waals surface area contributed by atoms with Crippen molar-refractivity contribution in [3.8, 4) is 11.1 Å². The number of aromatic nitrogens is 1. The molecule has 1 amide bonds. The molecule has 0 aliphatic heterocycles. The summed E-state index contributed by atoms with van der Waals surface area (Å²) < 4.78 is 54.9. The number of hydrogen-bond acceptors (Lipinski definition) is 4. The summed E-state index contributed by atoms with van der Waals surface area (Å²) in [5, 5.41) is 12.8. The summed E-state index contributed by atoms with van der Waals surface area (Å²) >= 11 is 0.720. The molecule has 2 heterocycles. The zero-order chi connectivity index (χ0) is 23.1. The maximum absolute atomic E-state index is 14.4. The van der Waals surface area contributed by atoms with Crippen LogP contribution in [0, 0.1) is 18.6 Å². The van der Waals surface area contributed by atoms with Gasteiger partial charge in [-0.05, 0) is 24.6 Å². The number of aromatic amines is 1. The Morgan fingerprint density at radius 1 is 1.10 bits per heavy atom. The first-order valence-electron chi connectivity index (χ1n) is 8.64. The number of pyridine rings is 1. The van der Waals surface area contributed by atoms with Gasteiger partial charge in [0.2, 0.25) is 0 Å². The Bertz CT molecular complexity index is 1260. The summed E-state index contributed by atoms with van der Waals surface area (Å²) in [7, 11) is 0. The maximum Gasteiger partial charge on any atom is 0.339 e. The third-order valence-electron chi connectivity index (χ3n) is 4.42. The maximum atomic E-state index is 14.4. The Labute approximate surface area is 176 Å². The fourth-order valence-corrected chi connectivity index (χ4v) is 3.74. The van der Waals surface area contributed by atoms with Crippen LogP contribution in [0.3, 0.4) is 0 Å². The Morgan fingerprint density at radius 2 is 1.77 bits per heavy atom. The lowest BCUT2D eigenvalue weighted by molar-refractivity contribution is 0.0125. The van der Waals surface area contributed by atoms with Gasteiger partial charge in [0.15, 0.2) is 11.6 Å². The van der Waals surface area contributed by atoms with Crippen LogP contribution in [0.5, 0.6) is 0 Å². The summed E-state index contributed by atoms with van der Waals surface area (Å²) in [5.74, 6) is -8.29. The van der Waals surface area contributed by atoms with E-state index in [1.807, 2.05) is 4.98 Å². The molecule has 0 saturated heterocycles. The molecule has 3 rings (SSSR count). The van der Waals surface area contributed by atoms with Gasteiger partial charge in [0.25, 0.3) is 17.4 Å². The Morgan fingerprint density at radius 3 is 2.35 bits per heavy atom. The van der Waals surface area contributed by atoms with Gasteiger partial charge in [-0.1, -0.05) is 12.1 Å². The highest BCUT2D eigenvalue weighted by molar-refractivity contribution is 7.15. The number of rotatable bonds is 5. The minimum absolute atomic E-state index is 0.0298. The van der Waals surface area contributed by atoms with Crippen LogP contribution < -0.4 is 10.9 Å². The lowest BCUT2D eigenvalue weighted by atomic mass is 10.0. The molecule has 0 bridgehead atoms. The van der Waals surface area contributed by atoms with E-state index in [1.165, 1.54) is 24.4 Å². The van der Waals surface area contributed by atoms with Crippen LogP contribution in [-0.4, -0.2) is 22.0 Å². The number of carboxylic acids is 1. The van der Waals surface area contributed by atoms with Gasteiger partial charge in [-0.15, -0.1) is 11.3 Å². The van der Waals surface area contributed by atoms with Gasteiger partial charge < -0.3 is 15.4 Å². The number of H-pyrrole nitrogens is 1. The molecule has 162 valence electrons. The number of aryl methyl sites for hydroxylation is 1. The summed E-state index contributed by atoms with van der Waals surface area (Å²) in [4.78, 5) is 38.1. The van der Waals surface area contributed by atoms with Crippen molar-refractivity contribution in [2.75, 3.05) is 5.32 Å². The minimum atomic E-state index is -3.33. The standard InChI is InChI=1S/C20H14F4N2O4S/c1-8-3-4-9(15(22)14(8)21)11-7-31-18(13(11)19(29)30)26-17(28)10-5-6-12(20(2,23)24)25-16(10)27/h3-7H,1-2H3,(H,25,27)(H,26,28)(H,29,30). The quantitative estimate of drug-likeness (QED) is 0.485. The van der Waals surface area contributed by atoms with Gasteiger partial charge in [-0.25, -0.2) is 22.4 Å². The molecule has 3 N–H and O–H groups in total. The van der Waals surface area contributed by atoms with Crippen LogP contribution in [0.15, 0.2) is 34.4 Å². The minimum Gasteiger partial charge on any atom is -0.478 e. The van der Waals surface area contributed by atoms with Gasteiger partial charge in [-0.3, -0.25) is 9.59 Å². The number of amides is 1. The molecule has 1 aromatic carbocycles. The Hall–Kier alpha value is -3.47. The normalized spacial score (nSPS) is 11.4. The molecule has 0 atom stereocenters. The molecular weight excluding hydrogens is 440 g/mol. The molecule has 2 aromatic heterocycles. The molecule has 6 nitrogen and oxygen atoms in total. The smallest absolute Gasteiger partial charge is 0.339 e. The third-order valence-corrected chi connectivity index (χ3v) is 5.32. The van der Waals surface area contributed by atoms with Crippen LogP contribution in [0.25, 0.3) is 11.1 Å². The van der Waals surface area contributed by atoms with Crippen molar-refractivity contribution in [2.45, 2.75) is 19.8 Å². The van der Waals surface area contributed by atoms with Crippen molar-refractivity contribution < 1.29 is 32.3 Å². The van der Waals surface area contributed by atoms with E-state index in [0.717, 1.165) is 23.5 Å². The van der Waals surface area contributed by atoms with E-state index >= 15 is 0 Å². The summed E-state index contributed by atoms with van der Waals surface area (Å²) in [6, 6.07) is 4.23. The van der Waals surface area contributed by atoms with Crippen LogP contribution >= 0.6 is 11.3 Å². The van der Waals surface area contributed by atoms with Crippen molar-refractivity contribution in [1.29, 1.82) is 0 Å². The van der Waals surface area contributed by atoms with E-state index in [2.05, 4.69) is 5.32 Å². The van der Waals surface area contributed by atoms with Crippen LogP contribution in [0.2, 0.25) is 0 Å². The number of hydrogen-bond donors (Lipinski definition) is 3. The Balaban J connectivity index is 2.00. The number of nitrogens with one attached hydrogen (secondary N) is 2. The molecule has 31 heavy (non-hydrogen) atoms. The molecular formula is C20H14F4N2O4S. The van der Waals surface area contributed by atoms with Crippen molar-refractivity contribution in [3.63, 3.8) is 0 Å². The van der Waals surface area contributed by atoms with Gasteiger partial charge in [0.05, 0.1) is 5.69 Å². The molecule has 0 radical (unpaired) electrons. The summed E-state index contributed by atoms with van der Waals surface area (Å²) in [6.07, 6.45) is 0. The van der Waals surface area contributed by atoms with E-state index in [-0.39, 0.29) is 21.7 Å². The fraction of sp³-hybridized carbons (Fsp3) is 0.150. The number of benzene rings is 1. The lowest BCUT2D eigenvalue weighted by Crippen LogP contribution is -2.26. The first-order chi connectivity index (χ1) is 14.4. The lowest BCUT2D eigenvalue weighted by Gasteiger charge is -2.11. The molecule has 0 spiro atoms. The van der Waals surface area contributed by atoms with E-state index in [4.69, 9.17) is 0 Å². The number of alkyl halides is 2. The monoisotopic (exact) mass is 454 g/mol. The van der Waals surface area contributed by atoms with Crippen LogP contribution in [0.4, 0.5) is 22.6 Å². The fourth-order valence-electron chi connectivity index (χ4n) is 2.79. The van der Waals surface area contributed by atoms with E-state index in [9.17, 15) is 37.1 Å². The predicted molar refractivity (Wildman–Crippen MR) is 106 cm³/mol. The van der Waals surface area contributed by atoms with Crippen molar-refractivity contribution in [1.82, 2.24) is 4.98 Å². The highest BCUT2D eigenvalue weighted by Gasteiger charge is 2.28. The first kappa shape index (κ1) is 22.2. The summed E-state index contributed by atoms with van der Waals surface area (Å²) in [6.45, 7) is 1.91. The second-order valence-corrected chi connectivity index (χ2v) is 7.55. The SMILES string of the molecule is Cc1ccc(-c2csc(NC(=O)c3ccc(C(C)(F)F)[nH]c3=O)c2C(=O)O)c(F)c1F. The molecule has 0 unspecified atom stereocenters. The number of aromatic carboxylic acids is 1. The largest absolute Gasteiger partial charge is 0.478 e. The highest BCUT2D eigenvalue weighted by Crippen LogP contribution is 2.38. The number of carbonyl (C=O) groups is 2. The van der Waals surface area contributed by atoms with Gasteiger partial charge in [0, 0.05) is 23.4 Å². The number of anilines is 1. The van der Waals surface area contributed by atoms with Crippen LogP contribution in [-0.2, 0) is 5.92 Å². The number of carbonyl (C=O) groups excluding carboxylic acids is 1. The van der Waals surface area contributed by atoms with Crippen molar-refractivity contribution >= 4 is 28.2 Å². The average Bonchev–Trinajstić information content (AvgIpc) is 3.08. The molecule has 3 aromatic rings. The van der Waals surface area contributed by atoms with Gasteiger partial charge in [-0.2, -0.15) is 0 Å². The molecule has 11 heteroatoms. The zero-order valence-electron chi connectivity index (χ0n) is 16.0. The molecule has 0 aliphatic carbocycles. The van der Waals surface area contributed by atoms with Gasteiger partial charge >= 0.3 is 5.97 Å². The van der Waals surface area contributed by atoms with Crippen molar-refractivity contribution in [3.05, 3.63) is 74.0 Å². The molecule has 0 aliphatic rings. The predicted octanol–water partition coefficient (Wildman–Crippen LogP) is 4.75. The first-order valence-corrected chi connectivity index (χ1v) is 9.52. The number of carboxylic acid groups (broad SMARTS) is 1. The van der Waals surface area contributed by atoms with E-state index < -0.39 is 51.8 Å². The van der Waals surface area contributed by atoms with E-state index in [1.54, 1.807) is 0 Å². The number of thiophene rings is 1. The van der Waals surface area contributed by atoms with Crippen LogP contribution in [0.1, 0.15) is 38.9 Å². The second-order valence-electron chi connectivity index (χ2n) is 6.67. The zero-order valence-corrected chi connectivity index (χ0v) is 16.8. The molecule has 0 fully saturated rings. The average molecular weight is 454 g/mol. The Kier molecular flexibility index (Phi) is 5.72. The third kappa shape index (κ3) is 4.22. The molecule has 0 saturated carbocycles. The number of halogens is 4. The van der Waals surface area contributed by atoms with Crippen molar-refractivity contribution in [2.24, 2.45) is 0 Å². The van der Waals surface area contributed by atoms with Gasteiger partial charge in [0.1, 0.15) is 16.1 Å². The summed E-state index contributed by atoms with van der Waals surface area (Å²) in [5.41, 5.74) is -3.29.